The van der Waals surface area contributed by atoms with E-state index in [1.54, 1.807) is 18.2 Å². The van der Waals surface area contributed by atoms with Crippen LogP contribution < -0.4 is 10.6 Å². The van der Waals surface area contributed by atoms with Gasteiger partial charge in [0.25, 0.3) is 5.91 Å². The Hall–Kier alpha value is -1.92. The van der Waals surface area contributed by atoms with Crippen molar-refractivity contribution in [3.05, 3.63) is 29.8 Å². The van der Waals surface area contributed by atoms with Crippen LogP contribution >= 0.6 is 0 Å². The number of hydrogen-bond donors (Lipinski definition) is 2. The van der Waals surface area contributed by atoms with Gasteiger partial charge in [-0.25, -0.2) is 0 Å². The van der Waals surface area contributed by atoms with Crippen LogP contribution in [0.5, 0.6) is 0 Å². The number of benzene rings is 1. The molecule has 1 saturated carbocycles. The smallest absolute Gasteiger partial charge is 0.251 e. The highest BCUT2D eigenvalue weighted by atomic mass is 16.5. The standard InChI is InChI=1S/C19H27N3O3/c1-14(13-22-7-9-25-10-8-22)12-20-18(23)16-3-2-4-17(11-16)21-19(24)15-5-6-15/h2-4,11,14-15H,5-10,12-13H2,1H3,(H,20,23)(H,21,24)/t14-/m0/s1. The molecule has 0 radical (unpaired) electrons. The van der Waals surface area contributed by atoms with E-state index in [1.165, 1.54) is 0 Å². The van der Waals surface area contributed by atoms with Gasteiger partial charge in [0, 0.05) is 43.3 Å². The third-order valence-corrected chi connectivity index (χ3v) is 4.63. The SMILES string of the molecule is C[C@@H](CNC(=O)c1cccc(NC(=O)C2CC2)c1)CN1CCOCC1. The van der Waals surface area contributed by atoms with Crippen LogP contribution in [0.15, 0.2) is 24.3 Å². The number of ether oxygens (including phenoxy) is 1. The highest BCUT2D eigenvalue weighted by Crippen LogP contribution is 2.30. The van der Waals surface area contributed by atoms with Crippen LogP contribution in [0.1, 0.15) is 30.1 Å². The van der Waals surface area contributed by atoms with E-state index in [0.29, 0.717) is 23.7 Å². The molecule has 1 saturated heterocycles. The second-order valence-corrected chi connectivity index (χ2v) is 7.07. The molecule has 1 aliphatic heterocycles. The van der Waals surface area contributed by atoms with Crippen molar-refractivity contribution < 1.29 is 14.3 Å². The normalized spacial score (nSPS) is 19.2. The Morgan fingerprint density at radius 1 is 1.28 bits per heavy atom. The van der Waals surface area contributed by atoms with Gasteiger partial charge in [-0.3, -0.25) is 14.5 Å². The quantitative estimate of drug-likeness (QED) is 0.790. The summed E-state index contributed by atoms with van der Waals surface area (Å²) in [5.41, 5.74) is 1.26. The highest BCUT2D eigenvalue weighted by molar-refractivity contribution is 5.98. The lowest BCUT2D eigenvalue weighted by Crippen LogP contribution is -2.41. The van der Waals surface area contributed by atoms with Crippen molar-refractivity contribution in [2.24, 2.45) is 11.8 Å². The van der Waals surface area contributed by atoms with Crippen LogP contribution in [0.4, 0.5) is 5.69 Å². The summed E-state index contributed by atoms with van der Waals surface area (Å²) in [6, 6.07) is 7.13. The number of nitrogens with zero attached hydrogens (tertiary/aromatic N) is 1. The van der Waals surface area contributed by atoms with E-state index in [4.69, 9.17) is 4.74 Å². The number of anilines is 1. The second-order valence-electron chi connectivity index (χ2n) is 7.07. The average Bonchev–Trinajstić information content (AvgIpc) is 3.46. The van der Waals surface area contributed by atoms with Gasteiger partial charge in [-0.2, -0.15) is 0 Å². The van der Waals surface area contributed by atoms with Crippen molar-refractivity contribution in [3.63, 3.8) is 0 Å². The Balaban J connectivity index is 1.46. The molecule has 1 aliphatic carbocycles. The van der Waals surface area contributed by atoms with E-state index >= 15 is 0 Å². The number of morpholine rings is 1. The zero-order valence-corrected chi connectivity index (χ0v) is 14.8. The number of hydrogen-bond acceptors (Lipinski definition) is 4. The van der Waals surface area contributed by atoms with Crippen molar-refractivity contribution in [2.75, 3.05) is 44.7 Å². The number of nitrogens with one attached hydrogen (secondary N) is 2. The van der Waals surface area contributed by atoms with Crippen molar-refractivity contribution in [1.82, 2.24) is 10.2 Å². The largest absolute Gasteiger partial charge is 0.379 e. The molecule has 0 unspecified atom stereocenters. The molecular weight excluding hydrogens is 318 g/mol. The Kier molecular flexibility index (Phi) is 6.04. The molecule has 2 amide bonds. The van der Waals surface area contributed by atoms with Gasteiger partial charge < -0.3 is 15.4 Å². The summed E-state index contributed by atoms with van der Waals surface area (Å²) < 4.78 is 5.35. The zero-order valence-electron chi connectivity index (χ0n) is 14.8. The Bertz CT molecular complexity index is 610. The van der Waals surface area contributed by atoms with E-state index in [0.717, 1.165) is 45.7 Å². The molecule has 25 heavy (non-hydrogen) atoms. The van der Waals surface area contributed by atoms with Crippen molar-refractivity contribution in [1.29, 1.82) is 0 Å². The van der Waals surface area contributed by atoms with Crippen LogP contribution in [0, 0.1) is 11.8 Å². The maximum atomic E-state index is 12.4. The Morgan fingerprint density at radius 3 is 2.76 bits per heavy atom. The molecule has 2 N–H and O–H groups in total. The zero-order chi connectivity index (χ0) is 17.6. The first kappa shape index (κ1) is 17.9. The van der Waals surface area contributed by atoms with Gasteiger partial charge in [0.1, 0.15) is 0 Å². The molecule has 0 bridgehead atoms. The van der Waals surface area contributed by atoms with E-state index in [1.807, 2.05) is 6.07 Å². The predicted molar refractivity (Wildman–Crippen MR) is 96.6 cm³/mol. The van der Waals surface area contributed by atoms with Crippen LogP contribution in [0.3, 0.4) is 0 Å². The molecular formula is C19H27N3O3. The molecule has 6 nitrogen and oxygen atoms in total. The molecule has 1 aromatic rings. The minimum atomic E-state index is -0.101. The third kappa shape index (κ3) is 5.54. The fourth-order valence-corrected chi connectivity index (χ4v) is 2.99. The van der Waals surface area contributed by atoms with Crippen molar-refractivity contribution >= 4 is 17.5 Å². The summed E-state index contributed by atoms with van der Waals surface area (Å²) in [7, 11) is 0. The molecule has 1 aromatic carbocycles. The predicted octanol–water partition coefficient (Wildman–Crippen LogP) is 1.73. The fourth-order valence-electron chi connectivity index (χ4n) is 2.99. The van der Waals surface area contributed by atoms with Crippen molar-refractivity contribution in [3.8, 4) is 0 Å². The Labute approximate surface area is 148 Å². The molecule has 0 aromatic heterocycles. The summed E-state index contributed by atoms with van der Waals surface area (Å²) in [5, 5.41) is 5.88. The molecule has 136 valence electrons. The van der Waals surface area contributed by atoms with E-state index in [-0.39, 0.29) is 17.7 Å². The summed E-state index contributed by atoms with van der Waals surface area (Å²) >= 11 is 0. The first-order chi connectivity index (χ1) is 12.1. The maximum absolute atomic E-state index is 12.4. The fraction of sp³-hybridized carbons (Fsp3) is 0.579. The molecule has 6 heteroatoms. The summed E-state index contributed by atoms with van der Waals surface area (Å²) in [6.07, 6.45) is 1.93. The van der Waals surface area contributed by atoms with Gasteiger partial charge in [-0.05, 0) is 37.0 Å². The van der Waals surface area contributed by atoms with Gasteiger partial charge in [0.2, 0.25) is 5.91 Å². The number of carbonyl (C=O) groups is 2. The lowest BCUT2D eigenvalue weighted by Gasteiger charge is -2.29. The van der Waals surface area contributed by atoms with Crippen molar-refractivity contribution in [2.45, 2.75) is 19.8 Å². The number of carbonyl (C=O) groups excluding carboxylic acids is 2. The third-order valence-electron chi connectivity index (χ3n) is 4.63. The minimum Gasteiger partial charge on any atom is -0.379 e. The van der Waals surface area contributed by atoms with Crippen LogP contribution in [0.2, 0.25) is 0 Å². The molecule has 1 heterocycles. The summed E-state index contributed by atoms with van der Waals surface area (Å²) in [6.45, 7) is 7.23. The van der Waals surface area contributed by atoms with Crippen LogP contribution in [-0.2, 0) is 9.53 Å². The van der Waals surface area contributed by atoms with Gasteiger partial charge in [-0.15, -0.1) is 0 Å². The summed E-state index contributed by atoms with van der Waals surface area (Å²) in [5.74, 6) is 0.478. The van der Waals surface area contributed by atoms with Gasteiger partial charge in [-0.1, -0.05) is 13.0 Å². The lowest BCUT2D eigenvalue weighted by atomic mass is 10.1. The average molecular weight is 345 g/mol. The van der Waals surface area contributed by atoms with Gasteiger partial charge in [0.15, 0.2) is 0 Å². The van der Waals surface area contributed by atoms with E-state index in [2.05, 4.69) is 22.5 Å². The first-order valence-corrected chi connectivity index (χ1v) is 9.11. The van der Waals surface area contributed by atoms with E-state index < -0.39 is 0 Å². The van der Waals surface area contributed by atoms with Gasteiger partial charge >= 0.3 is 0 Å². The van der Waals surface area contributed by atoms with Gasteiger partial charge in [0.05, 0.1) is 13.2 Å². The highest BCUT2D eigenvalue weighted by Gasteiger charge is 2.29. The molecule has 1 atom stereocenters. The molecule has 2 fully saturated rings. The van der Waals surface area contributed by atoms with Crippen LogP contribution in [0.25, 0.3) is 0 Å². The molecule has 3 rings (SSSR count). The Morgan fingerprint density at radius 2 is 2.04 bits per heavy atom. The number of amides is 2. The molecule has 2 aliphatic rings. The maximum Gasteiger partial charge on any atom is 0.251 e. The van der Waals surface area contributed by atoms with Crippen LogP contribution in [-0.4, -0.2) is 56.1 Å². The number of rotatable bonds is 7. The monoisotopic (exact) mass is 345 g/mol. The molecule has 0 spiro atoms. The van der Waals surface area contributed by atoms with E-state index in [9.17, 15) is 9.59 Å². The second kappa shape index (κ2) is 8.45. The topological polar surface area (TPSA) is 70.7 Å². The lowest BCUT2D eigenvalue weighted by molar-refractivity contribution is -0.117. The minimum absolute atomic E-state index is 0.0525. The summed E-state index contributed by atoms with van der Waals surface area (Å²) in [4.78, 5) is 26.6. The first-order valence-electron chi connectivity index (χ1n) is 9.11.